The van der Waals surface area contributed by atoms with Crippen LogP contribution in [-0.4, -0.2) is 26.3 Å². The Morgan fingerprint density at radius 2 is 2.12 bits per heavy atom. The predicted molar refractivity (Wildman–Crippen MR) is 67.3 cm³/mol. The highest BCUT2D eigenvalue weighted by atomic mass is 35.5. The van der Waals surface area contributed by atoms with E-state index in [1.165, 1.54) is 18.4 Å². The fraction of sp³-hybridized carbons (Fsp3) is 0.538. The van der Waals surface area contributed by atoms with Gasteiger partial charge in [0.2, 0.25) is 0 Å². The van der Waals surface area contributed by atoms with Gasteiger partial charge in [0.15, 0.2) is 11.5 Å². The first-order valence-electron chi connectivity index (χ1n) is 6.15. The summed E-state index contributed by atoms with van der Waals surface area (Å²) in [6.45, 7) is 3.30. The van der Waals surface area contributed by atoms with E-state index in [-0.39, 0.29) is 0 Å². The second kappa shape index (κ2) is 4.75. The van der Waals surface area contributed by atoms with Gasteiger partial charge < -0.3 is 14.8 Å². The third-order valence-electron chi connectivity index (χ3n) is 3.41. The highest BCUT2D eigenvalue weighted by molar-refractivity contribution is 6.33. The average Bonchev–Trinajstić information content (AvgIpc) is 2.40. The van der Waals surface area contributed by atoms with Gasteiger partial charge in [-0.05, 0) is 36.9 Å². The minimum Gasteiger partial charge on any atom is -0.486 e. The minimum absolute atomic E-state index is 0.493. The highest BCUT2D eigenvalue weighted by Gasteiger charge is 2.23. The zero-order valence-electron chi connectivity index (χ0n) is 9.67. The SMILES string of the molecule is Clc1c(C2CCCNC2)ccc2c1OCCO2. The van der Waals surface area contributed by atoms with Crippen molar-refractivity contribution in [2.24, 2.45) is 0 Å². The smallest absolute Gasteiger partial charge is 0.180 e. The molecule has 0 aliphatic carbocycles. The van der Waals surface area contributed by atoms with Crippen molar-refractivity contribution in [3.63, 3.8) is 0 Å². The zero-order valence-corrected chi connectivity index (χ0v) is 10.4. The third-order valence-corrected chi connectivity index (χ3v) is 3.80. The van der Waals surface area contributed by atoms with E-state index >= 15 is 0 Å². The summed E-state index contributed by atoms with van der Waals surface area (Å²) >= 11 is 6.43. The van der Waals surface area contributed by atoms with Gasteiger partial charge in [-0.3, -0.25) is 0 Å². The molecule has 0 bridgehead atoms. The summed E-state index contributed by atoms with van der Waals surface area (Å²) in [5.74, 6) is 1.99. The molecule has 0 spiro atoms. The molecule has 3 nitrogen and oxygen atoms in total. The number of fused-ring (bicyclic) bond motifs is 1. The maximum absolute atomic E-state index is 6.43. The first-order chi connectivity index (χ1) is 8.36. The minimum atomic E-state index is 0.493. The van der Waals surface area contributed by atoms with Gasteiger partial charge in [-0.1, -0.05) is 17.7 Å². The van der Waals surface area contributed by atoms with Crippen LogP contribution in [0.2, 0.25) is 5.02 Å². The number of benzene rings is 1. The van der Waals surface area contributed by atoms with Crippen molar-refractivity contribution in [1.29, 1.82) is 0 Å². The molecule has 0 radical (unpaired) electrons. The molecule has 0 aromatic heterocycles. The van der Waals surface area contributed by atoms with Gasteiger partial charge in [-0.25, -0.2) is 0 Å². The number of hydrogen-bond donors (Lipinski definition) is 1. The lowest BCUT2D eigenvalue weighted by atomic mass is 9.91. The van der Waals surface area contributed by atoms with Gasteiger partial charge >= 0.3 is 0 Å². The Bertz CT molecular complexity index is 416. The van der Waals surface area contributed by atoms with Crippen LogP contribution in [0.25, 0.3) is 0 Å². The average molecular weight is 254 g/mol. The molecule has 1 N–H and O–H groups in total. The molecule has 2 aliphatic heterocycles. The van der Waals surface area contributed by atoms with E-state index in [4.69, 9.17) is 21.1 Å². The van der Waals surface area contributed by atoms with Crippen molar-refractivity contribution in [2.75, 3.05) is 26.3 Å². The van der Waals surface area contributed by atoms with E-state index in [0.29, 0.717) is 19.1 Å². The third kappa shape index (κ3) is 2.09. The molecular formula is C13H16ClNO2. The highest BCUT2D eigenvalue weighted by Crippen LogP contribution is 2.42. The Labute approximate surface area is 106 Å². The number of halogens is 1. The number of piperidine rings is 1. The lowest BCUT2D eigenvalue weighted by Gasteiger charge is -2.26. The topological polar surface area (TPSA) is 30.5 Å². The Kier molecular flexibility index (Phi) is 3.12. The Balaban J connectivity index is 1.94. The molecule has 92 valence electrons. The largest absolute Gasteiger partial charge is 0.486 e. The molecule has 3 rings (SSSR count). The van der Waals surface area contributed by atoms with Gasteiger partial charge in [0.05, 0.1) is 5.02 Å². The van der Waals surface area contributed by atoms with Crippen LogP contribution in [-0.2, 0) is 0 Å². The number of hydrogen-bond acceptors (Lipinski definition) is 3. The molecule has 1 atom stereocenters. The van der Waals surface area contributed by atoms with E-state index in [1.807, 2.05) is 6.07 Å². The molecule has 17 heavy (non-hydrogen) atoms. The van der Waals surface area contributed by atoms with Crippen molar-refractivity contribution in [2.45, 2.75) is 18.8 Å². The van der Waals surface area contributed by atoms with Gasteiger partial charge in [0, 0.05) is 6.54 Å². The van der Waals surface area contributed by atoms with Gasteiger partial charge in [-0.15, -0.1) is 0 Å². The van der Waals surface area contributed by atoms with Gasteiger partial charge in [0.1, 0.15) is 13.2 Å². The molecule has 0 amide bonds. The molecule has 1 saturated heterocycles. The standard InChI is InChI=1S/C13H16ClNO2/c14-12-10(9-2-1-5-15-8-9)3-4-11-13(12)17-7-6-16-11/h3-4,9,15H,1-2,5-8H2. The van der Waals surface area contributed by atoms with Crippen LogP contribution in [0.1, 0.15) is 24.3 Å². The van der Waals surface area contributed by atoms with Crippen LogP contribution in [0.4, 0.5) is 0 Å². The summed E-state index contributed by atoms with van der Waals surface area (Å²) in [7, 11) is 0. The van der Waals surface area contributed by atoms with Crippen molar-refractivity contribution >= 4 is 11.6 Å². The molecule has 1 aromatic carbocycles. The molecule has 1 unspecified atom stereocenters. The Hall–Kier alpha value is -0.930. The van der Waals surface area contributed by atoms with Crippen molar-refractivity contribution in [1.82, 2.24) is 5.32 Å². The monoisotopic (exact) mass is 253 g/mol. The van der Waals surface area contributed by atoms with E-state index in [0.717, 1.165) is 29.6 Å². The van der Waals surface area contributed by atoms with Crippen molar-refractivity contribution < 1.29 is 9.47 Å². The molecule has 1 fully saturated rings. The molecule has 0 saturated carbocycles. The predicted octanol–water partition coefficient (Wildman–Crippen LogP) is 2.58. The molecule has 1 aromatic rings. The fourth-order valence-electron chi connectivity index (χ4n) is 2.53. The summed E-state index contributed by atoms with van der Waals surface area (Å²) in [4.78, 5) is 0. The maximum atomic E-state index is 6.43. The normalized spacial score (nSPS) is 23.5. The Morgan fingerprint density at radius 1 is 1.24 bits per heavy atom. The quantitative estimate of drug-likeness (QED) is 0.835. The summed E-state index contributed by atoms with van der Waals surface area (Å²) in [5, 5.41) is 4.14. The van der Waals surface area contributed by atoms with Crippen LogP contribution in [0.3, 0.4) is 0 Å². The van der Waals surface area contributed by atoms with Crippen LogP contribution < -0.4 is 14.8 Å². The molecule has 4 heteroatoms. The summed E-state index contributed by atoms with van der Waals surface area (Å²) in [5.41, 5.74) is 1.18. The number of nitrogens with one attached hydrogen (secondary N) is 1. The summed E-state index contributed by atoms with van der Waals surface area (Å²) in [6.07, 6.45) is 2.39. The lowest BCUT2D eigenvalue weighted by molar-refractivity contribution is 0.171. The van der Waals surface area contributed by atoms with Crippen molar-refractivity contribution in [3.05, 3.63) is 22.7 Å². The fourth-order valence-corrected chi connectivity index (χ4v) is 2.89. The van der Waals surface area contributed by atoms with Crippen LogP contribution in [0, 0.1) is 0 Å². The maximum Gasteiger partial charge on any atom is 0.180 e. The first kappa shape index (κ1) is 11.2. The number of ether oxygens (including phenoxy) is 2. The molecular weight excluding hydrogens is 238 g/mol. The van der Waals surface area contributed by atoms with Crippen LogP contribution in [0.15, 0.2) is 12.1 Å². The summed E-state index contributed by atoms with van der Waals surface area (Å²) in [6, 6.07) is 4.05. The first-order valence-corrected chi connectivity index (χ1v) is 6.53. The van der Waals surface area contributed by atoms with E-state index in [2.05, 4.69) is 11.4 Å². The van der Waals surface area contributed by atoms with Crippen LogP contribution in [0.5, 0.6) is 11.5 Å². The van der Waals surface area contributed by atoms with E-state index < -0.39 is 0 Å². The zero-order chi connectivity index (χ0) is 11.7. The Morgan fingerprint density at radius 3 is 2.94 bits per heavy atom. The van der Waals surface area contributed by atoms with Gasteiger partial charge in [0.25, 0.3) is 0 Å². The van der Waals surface area contributed by atoms with E-state index in [9.17, 15) is 0 Å². The van der Waals surface area contributed by atoms with Crippen molar-refractivity contribution in [3.8, 4) is 11.5 Å². The van der Waals surface area contributed by atoms with Crippen LogP contribution >= 0.6 is 11.6 Å². The van der Waals surface area contributed by atoms with Gasteiger partial charge in [-0.2, -0.15) is 0 Å². The molecule has 2 aliphatic rings. The second-order valence-electron chi connectivity index (χ2n) is 4.54. The van der Waals surface area contributed by atoms with E-state index in [1.54, 1.807) is 0 Å². The number of rotatable bonds is 1. The second-order valence-corrected chi connectivity index (χ2v) is 4.91. The summed E-state index contributed by atoms with van der Waals surface area (Å²) < 4.78 is 11.1. The lowest BCUT2D eigenvalue weighted by Crippen LogP contribution is -2.28. The molecule has 2 heterocycles.